The van der Waals surface area contributed by atoms with E-state index in [0.717, 1.165) is 0 Å². The molecule has 0 aliphatic rings. The topological polar surface area (TPSA) is 35.5 Å². The Morgan fingerprint density at radius 1 is 1.29 bits per heavy atom. The summed E-state index contributed by atoms with van der Waals surface area (Å²) < 4.78 is 43.9. The fourth-order valence-corrected chi connectivity index (χ4v) is 0.616. The van der Waals surface area contributed by atoms with E-state index in [2.05, 4.69) is 9.47 Å². The van der Waals surface area contributed by atoms with Crippen molar-refractivity contribution in [3.05, 3.63) is 0 Å². The van der Waals surface area contributed by atoms with Crippen LogP contribution in [-0.4, -0.2) is 31.0 Å². The molecule has 84 valence electrons. The fraction of sp³-hybridized carbons (Fsp3) is 0.875. The van der Waals surface area contributed by atoms with E-state index in [1.165, 1.54) is 6.92 Å². The van der Waals surface area contributed by atoms with Gasteiger partial charge < -0.3 is 9.47 Å². The van der Waals surface area contributed by atoms with E-state index in [1.807, 2.05) is 0 Å². The zero-order valence-electron chi connectivity index (χ0n) is 8.22. The van der Waals surface area contributed by atoms with Crippen molar-refractivity contribution in [3.8, 4) is 0 Å². The van der Waals surface area contributed by atoms with Crippen molar-refractivity contribution < 1.29 is 27.4 Å². The second-order valence-electron chi connectivity index (χ2n) is 3.05. The van der Waals surface area contributed by atoms with Crippen molar-refractivity contribution in [2.45, 2.75) is 39.2 Å². The average Bonchev–Trinajstić information content (AvgIpc) is 1.97. The van der Waals surface area contributed by atoms with Crippen molar-refractivity contribution in [2.24, 2.45) is 0 Å². The highest BCUT2D eigenvalue weighted by molar-refractivity contribution is 5.74. The second kappa shape index (κ2) is 5.19. The molecular formula is C8H13F3O3. The third-order valence-electron chi connectivity index (χ3n) is 1.18. The molecule has 0 aliphatic heterocycles. The van der Waals surface area contributed by atoms with Gasteiger partial charge in [-0.25, -0.2) is 4.79 Å². The van der Waals surface area contributed by atoms with Gasteiger partial charge in [0.05, 0.1) is 6.10 Å². The van der Waals surface area contributed by atoms with Crippen molar-refractivity contribution in [3.63, 3.8) is 0 Å². The van der Waals surface area contributed by atoms with Gasteiger partial charge in [-0.05, 0) is 20.8 Å². The smallest absolute Gasteiger partial charge is 0.411 e. The van der Waals surface area contributed by atoms with Crippen molar-refractivity contribution in [1.82, 2.24) is 0 Å². The summed E-state index contributed by atoms with van der Waals surface area (Å²) in [5.41, 5.74) is 0. The summed E-state index contributed by atoms with van der Waals surface area (Å²) in [5.74, 6) is -0.788. The van der Waals surface area contributed by atoms with Gasteiger partial charge in [0.25, 0.3) is 0 Å². The Labute approximate surface area is 80.2 Å². The van der Waals surface area contributed by atoms with E-state index in [9.17, 15) is 18.0 Å². The van der Waals surface area contributed by atoms with Crippen LogP contribution in [0.1, 0.15) is 20.8 Å². The van der Waals surface area contributed by atoms with Crippen LogP contribution in [0.5, 0.6) is 0 Å². The lowest BCUT2D eigenvalue weighted by Gasteiger charge is -2.15. The number of hydrogen-bond donors (Lipinski definition) is 0. The molecule has 0 amide bonds. The van der Waals surface area contributed by atoms with Crippen LogP contribution in [0, 0.1) is 0 Å². The maximum absolute atomic E-state index is 11.7. The zero-order valence-corrected chi connectivity index (χ0v) is 8.22. The molecule has 6 heteroatoms. The van der Waals surface area contributed by atoms with Gasteiger partial charge in [0.1, 0.15) is 6.61 Å². The van der Waals surface area contributed by atoms with Gasteiger partial charge in [0.15, 0.2) is 6.10 Å². The fourth-order valence-electron chi connectivity index (χ4n) is 0.616. The van der Waals surface area contributed by atoms with Crippen LogP contribution in [0.3, 0.4) is 0 Å². The molecular weight excluding hydrogens is 201 g/mol. The molecule has 1 unspecified atom stereocenters. The largest absolute Gasteiger partial charge is 0.461 e. The van der Waals surface area contributed by atoms with E-state index < -0.39 is 24.9 Å². The first-order valence-corrected chi connectivity index (χ1v) is 4.11. The Hall–Kier alpha value is -0.780. The first-order valence-electron chi connectivity index (χ1n) is 4.11. The Morgan fingerprint density at radius 3 is 2.14 bits per heavy atom. The van der Waals surface area contributed by atoms with Gasteiger partial charge >= 0.3 is 12.1 Å². The first-order chi connectivity index (χ1) is 6.22. The van der Waals surface area contributed by atoms with Crippen molar-refractivity contribution in [1.29, 1.82) is 0 Å². The third kappa shape index (κ3) is 6.71. The average molecular weight is 214 g/mol. The maximum atomic E-state index is 11.7. The molecule has 0 N–H and O–H groups in total. The maximum Gasteiger partial charge on any atom is 0.411 e. The van der Waals surface area contributed by atoms with E-state index in [0.29, 0.717) is 0 Å². The van der Waals surface area contributed by atoms with Crippen LogP contribution >= 0.6 is 0 Å². The Balaban J connectivity index is 3.85. The van der Waals surface area contributed by atoms with E-state index >= 15 is 0 Å². The van der Waals surface area contributed by atoms with Crippen LogP contribution in [0.15, 0.2) is 0 Å². The van der Waals surface area contributed by atoms with Gasteiger partial charge in [-0.1, -0.05) is 0 Å². The summed E-state index contributed by atoms with van der Waals surface area (Å²) in [6, 6.07) is 0. The highest BCUT2D eigenvalue weighted by Gasteiger charge is 2.30. The predicted molar refractivity (Wildman–Crippen MR) is 42.7 cm³/mol. The normalized spacial score (nSPS) is 14.2. The first kappa shape index (κ1) is 13.2. The molecule has 0 saturated carbocycles. The number of carbonyl (C=O) groups is 1. The summed E-state index contributed by atoms with van der Waals surface area (Å²) in [7, 11) is 0. The molecule has 0 radical (unpaired) electrons. The Kier molecular flexibility index (Phi) is 4.90. The van der Waals surface area contributed by atoms with Gasteiger partial charge in [-0.2, -0.15) is 13.2 Å². The Bertz CT molecular complexity index is 189. The lowest BCUT2D eigenvalue weighted by molar-refractivity contribution is -0.194. The number of hydrogen-bond acceptors (Lipinski definition) is 3. The van der Waals surface area contributed by atoms with Crippen molar-refractivity contribution in [2.75, 3.05) is 6.61 Å². The zero-order chi connectivity index (χ0) is 11.4. The van der Waals surface area contributed by atoms with Gasteiger partial charge in [-0.15, -0.1) is 0 Å². The molecule has 0 aromatic heterocycles. The minimum atomic E-state index is -4.42. The molecule has 3 nitrogen and oxygen atoms in total. The lowest BCUT2D eigenvalue weighted by atomic mass is 10.4. The number of alkyl halides is 3. The summed E-state index contributed by atoms with van der Waals surface area (Å²) >= 11 is 0. The van der Waals surface area contributed by atoms with Crippen LogP contribution in [-0.2, 0) is 14.3 Å². The van der Waals surface area contributed by atoms with E-state index in [4.69, 9.17) is 0 Å². The second-order valence-corrected chi connectivity index (χ2v) is 3.05. The molecule has 14 heavy (non-hydrogen) atoms. The van der Waals surface area contributed by atoms with Crippen LogP contribution in [0.2, 0.25) is 0 Å². The van der Waals surface area contributed by atoms with Gasteiger partial charge in [0.2, 0.25) is 0 Å². The van der Waals surface area contributed by atoms with Crippen LogP contribution in [0.4, 0.5) is 13.2 Å². The molecule has 0 rings (SSSR count). The lowest BCUT2D eigenvalue weighted by Crippen LogP contribution is -2.30. The highest BCUT2D eigenvalue weighted by atomic mass is 19.4. The molecule has 0 bridgehead atoms. The summed E-state index contributed by atoms with van der Waals surface area (Å²) in [6.07, 6.45) is -5.98. The number of ether oxygens (including phenoxy) is 2. The van der Waals surface area contributed by atoms with E-state index in [1.54, 1.807) is 13.8 Å². The standard InChI is InChI=1S/C8H13F3O3/c1-5(2)14-7(12)6(3)13-4-8(9,10)11/h5-6H,4H2,1-3H3. The van der Waals surface area contributed by atoms with Gasteiger partial charge in [0, 0.05) is 0 Å². The molecule has 0 aliphatic carbocycles. The number of esters is 1. The summed E-state index contributed by atoms with van der Waals surface area (Å²) in [5, 5.41) is 0. The Morgan fingerprint density at radius 2 is 1.79 bits per heavy atom. The molecule has 0 aromatic carbocycles. The molecule has 0 fully saturated rings. The van der Waals surface area contributed by atoms with Crippen LogP contribution < -0.4 is 0 Å². The van der Waals surface area contributed by atoms with E-state index in [-0.39, 0.29) is 6.10 Å². The quantitative estimate of drug-likeness (QED) is 0.670. The number of carbonyl (C=O) groups excluding carboxylic acids is 1. The SMILES string of the molecule is CC(C)OC(=O)C(C)OCC(F)(F)F. The summed E-state index contributed by atoms with van der Waals surface area (Å²) in [6.45, 7) is 2.99. The van der Waals surface area contributed by atoms with Crippen molar-refractivity contribution >= 4 is 5.97 Å². The number of halogens is 3. The summed E-state index contributed by atoms with van der Waals surface area (Å²) in [4.78, 5) is 11.0. The minimum Gasteiger partial charge on any atom is -0.461 e. The third-order valence-corrected chi connectivity index (χ3v) is 1.18. The molecule has 0 spiro atoms. The highest BCUT2D eigenvalue weighted by Crippen LogP contribution is 2.15. The minimum absolute atomic E-state index is 0.362. The molecule has 1 atom stereocenters. The predicted octanol–water partition coefficient (Wildman–Crippen LogP) is 1.91. The molecule has 0 aromatic rings. The molecule has 0 heterocycles. The van der Waals surface area contributed by atoms with Gasteiger partial charge in [-0.3, -0.25) is 0 Å². The molecule has 0 saturated heterocycles. The van der Waals surface area contributed by atoms with Crippen LogP contribution in [0.25, 0.3) is 0 Å². The number of rotatable bonds is 4. The monoisotopic (exact) mass is 214 g/mol.